The zero-order chi connectivity index (χ0) is 11.7. The summed E-state index contributed by atoms with van der Waals surface area (Å²) >= 11 is 1.54. The summed E-state index contributed by atoms with van der Waals surface area (Å²) in [6.45, 7) is 0.824. The van der Waals surface area contributed by atoms with Gasteiger partial charge in [-0.2, -0.15) is 0 Å². The fourth-order valence-corrected chi connectivity index (χ4v) is 2.40. The highest BCUT2D eigenvalue weighted by Crippen LogP contribution is 2.25. The zero-order valence-electron chi connectivity index (χ0n) is 9.67. The van der Waals surface area contributed by atoms with Crippen LogP contribution in [0.2, 0.25) is 0 Å². The van der Waals surface area contributed by atoms with E-state index in [0.29, 0.717) is 0 Å². The van der Waals surface area contributed by atoms with E-state index in [2.05, 4.69) is 15.0 Å². The van der Waals surface area contributed by atoms with Gasteiger partial charge in [0.05, 0.1) is 12.5 Å². The molecule has 0 aliphatic carbocycles. The van der Waals surface area contributed by atoms with E-state index in [0.717, 1.165) is 35.8 Å². The van der Waals surface area contributed by atoms with Crippen LogP contribution in [0.1, 0.15) is 25.5 Å². The molecule has 0 radical (unpaired) electrons. The lowest BCUT2D eigenvalue weighted by Crippen LogP contribution is -2.17. The Labute approximate surface area is 104 Å². The number of fused-ring (bicyclic) bond motifs is 1. The highest BCUT2D eigenvalue weighted by Gasteiger charge is 2.18. The van der Waals surface area contributed by atoms with Crippen LogP contribution in [0.15, 0.2) is 17.7 Å². The van der Waals surface area contributed by atoms with Gasteiger partial charge in [0.15, 0.2) is 10.8 Å². The second kappa shape index (κ2) is 4.62. The Morgan fingerprint density at radius 2 is 2.35 bits per heavy atom. The molecular weight excluding hydrogens is 236 g/mol. The molecule has 1 fully saturated rings. The van der Waals surface area contributed by atoms with Gasteiger partial charge in [0, 0.05) is 6.61 Å². The Morgan fingerprint density at radius 3 is 3.12 bits per heavy atom. The standard InChI is InChI=1S/C11H14N4OS/c1-17-11-12-6-8-10(14-11)15(7-13-8)9-4-2-3-5-16-9/h6-7,9H,2-5H2,1H3. The van der Waals surface area contributed by atoms with E-state index in [1.165, 1.54) is 18.2 Å². The number of aromatic nitrogens is 4. The quantitative estimate of drug-likeness (QED) is 0.604. The number of ether oxygens (including phenoxy) is 1. The van der Waals surface area contributed by atoms with E-state index in [-0.39, 0.29) is 6.23 Å². The number of thioether (sulfide) groups is 1. The first-order chi connectivity index (χ1) is 8.38. The molecule has 90 valence electrons. The second-order valence-corrected chi connectivity index (χ2v) is 4.81. The third kappa shape index (κ3) is 2.02. The van der Waals surface area contributed by atoms with Crippen molar-refractivity contribution in [1.29, 1.82) is 0 Å². The molecule has 0 saturated carbocycles. The molecule has 17 heavy (non-hydrogen) atoms. The predicted octanol–water partition coefficient (Wildman–Crippen LogP) is 2.25. The molecule has 1 unspecified atom stereocenters. The Bertz CT molecular complexity index is 521. The molecule has 3 rings (SSSR count). The van der Waals surface area contributed by atoms with Crippen molar-refractivity contribution in [2.24, 2.45) is 0 Å². The third-order valence-corrected chi connectivity index (χ3v) is 3.50. The van der Waals surface area contributed by atoms with Crippen molar-refractivity contribution in [2.75, 3.05) is 12.9 Å². The highest BCUT2D eigenvalue weighted by molar-refractivity contribution is 7.98. The summed E-state index contributed by atoms with van der Waals surface area (Å²) in [5, 5.41) is 0.773. The molecule has 2 aromatic heterocycles. The lowest BCUT2D eigenvalue weighted by Gasteiger charge is -2.23. The topological polar surface area (TPSA) is 52.8 Å². The molecule has 1 aliphatic heterocycles. The maximum Gasteiger partial charge on any atom is 0.189 e. The van der Waals surface area contributed by atoms with E-state index in [1.807, 2.05) is 10.8 Å². The minimum Gasteiger partial charge on any atom is -0.358 e. The molecule has 2 aromatic rings. The van der Waals surface area contributed by atoms with Crippen molar-refractivity contribution >= 4 is 22.9 Å². The molecule has 0 amide bonds. The molecule has 5 nitrogen and oxygen atoms in total. The molecule has 1 atom stereocenters. The van der Waals surface area contributed by atoms with Gasteiger partial charge in [0.25, 0.3) is 0 Å². The smallest absolute Gasteiger partial charge is 0.189 e. The summed E-state index contributed by atoms with van der Waals surface area (Å²) in [6, 6.07) is 0. The molecule has 0 N–H and O–H groups in total. The van der Waals surface area contributed by atoms with E-state index >= 15 is 0 Å². The minimum absolute atomic E-state index is 0.0818. The van der Waals surface area contributed by atoms with Crippen LogP contribution in [0.3, 0.4) is 0 Å². The third-order valence-electron chi connectivity index (χ3n) is 2.94. The highest BCUT2D eigenvalue weighted by atomic mass is 32.2. The van der Waals surface area contributed by atoms with Crippen LogP contribution in [0.5, 0.6) is 0 Å². The zero-order valence-corrected chi connectivity index (χ0v) is 10.5. The van der Waals surface area contributed by atoms with Gasteiger partial charge in [0.1, 0.15) is 11.7 Å². The summed E-state index contributed by atoms with van der Waals surface area (Å²) in [5.74, 6) is 0. The number of hydrogen-bond acceptors (Lipinski definition) is 5. The molecule has 6 heteroatoms. The Balaban J connectivity index is 2.02. The number of hydrogen-bond donors (Lipinski definition) is 0. The van der Waals surface area contributed by atoms with Crippen molar-refractivity contribution in [2.45, 2.75) is 30.6 Å². The predicted molar refractivity (Wildman–Crippen MR) is 65.9 cm³/mol. The van der Waals surface area contributed by atoms with Gasteiger partial charge < -0.3 is 4.74 Å². The summed E-state index contributed by atoms with van der Waals surface area (Å²) < 4.78 is 7.78. The molecule has 0 bridgehead atoms. The first kappa shape index (κ1) is 11.0. The van der Waals surface area contributed by atoms with Gasteiger partial charge in [-0.1, -0.05) is 11.8 Å². The van der Waals surface area contributed by atoms with Crippen molar-refractivity contribution < 1.29 is 4.74 Å². The lowest BCUT2D eigenvalue weighted by molar-refractivity contribution is -0.0298. The van der Waals surface area contributed by atoms with Gasteiger partial charge in [0.2, 0.25) is 0 Å². The van der Waals surface area contributed by atoms with Crippen LogP contribution in [0.25, 0.3) is 11.2 Å². The number of nitrogens with zero attached hydrogens (tertiary/aromatic N) is 4. The van der Waals surface area contributed by atoms with Gasteiger partial charge in [-0.15, -0.1) is 0 Å². The first-order valence-electron chi connectivity index (χ1n) is 5.73. The summed E-state index contributed by atoms with van der Waals surface area (Å²) in [4.78, 5) is 13.0. The van der Waals surface area contributed by atoms with Crippen LogP contribution in [0, 0.1) is 0 Å². The van der Waals surface area contributed by atoms with Crippen molar-refractivity contribution in [3.63, 3.8) is 0 Å². The van der Waals surface area contributed by atoms with E-state index < -0.39 is 0 Å². The monoisotopic (exact) mass is 250 g/mol. The maximum absolute atomic E-state index is 5.76. The molecule has 3 heterocycles. The Kier molecular flexibility index (Phi) is 2.98. The van der Waals surface area contributed by atoms with Gasteiger partial charge >= 0.3 is 0 Å². The largest absolute Gasteiger partial charge is 0.358 e. The maximum atomic E-state index is 5.76. The normalized spacial score (nSPS) is 20.9. The van der Waals surface area contributed by atoms with Crippen molar-refractivity contribution in [3.05, 3.63) is 12.5 Å². The summed E-state index contributed by atoms with van der Waals surface area (Å²) in [6.07, 6.45) is 9.01. The summed E-state index contributed by atoms with van der Waals surface area (Å²) in [5.41, 5.74) is 1.70. The van der Waals surface area contributed by atoms with Gasteiger partial charge in [-0.05, 0) is 25.5 Å². The van der Waals surface area contributed by atoms with Crippen LogP contribution in [0.4, 0.5) is 0 Å². The molecule has 1 saturated heterocycles. The van der Waals surface area contributed by atoms with E-state index in [9.17, 15) is 0 Å². The summed E-state index contributed by atoms with van der Waals surface area (Å²) in [7, 11) is 0. The van der Waals surface area contributed by atoms with Crippen LogP contribution >= 0.6 is 11.8 Å². The van der Waals surface area contributed by atoms with Gasteiger partial charge in [-0.25, -0.2) is 15.0 Å². The average molecular weight is 250 g/mol. The molecular formula is C11H14N4OS. The fourth-order valence-electron chi connectivity index (χ4n) is 2.06. The number of rotatable bonds is 2. The van der Waals surface area contributed by atoms with Gasteiger partial charge in [-0.3, -0.25) is 4.57 Å². The van der Waals surface area contributed by atoms with Crippen LogP contribution in [-0.2, 0) is 4.74 Å². The van der Waals surface area contributed by atoms with Crippen molar-refractivity contribution in [3.8, 4) is 0 Å². The molecule has 0 aromatic carbocycles. The van der Waals surface area contributed by atoms with Crippen LogP contribution < -0.4 is 0 Å². The van der Waals surface area contributed by atoms with Crippen LogP contribution in [-0.4, -0.2) is 32.4 Å². The SMILES string of the molecule is CSc1ncc2ncn(C3CCCCO3)c2n1. The lowest BCUT2D eigenvalue weighted by atomic mass is 10.2. The second-order valence-electron chi connectivity index (χ2n) is 4.04. The molecule has 1 aliphatic rings. The molecule has 0 spiro atoms. The average Bonchev–Trinajstić information content (AvgIpc) is 2.82. The van der Waals surface area contributed by atoms with E-state index in [1.54, 1.807) is 12.5 Å². The Hall–Kier alpha value is -1.14. The Morgan fingerprint density at radius 1 is 1.41 bits per heavy atom. The number of imidazole rings is 1. The van der Waals surface area contributed by atoms with E-state index in [4.69, 9.17) is 4.74 Å². The minimum atomic E-state index is 0.0818. The van der Waals surface area contributed by atoms with Crippen molar-refractivity contribution in [1.82, 2.24) is 19.5 Å². The fraction of sp³-hybridized carbons (Fsp3) is 0.545. The first-order valence-corrected chi connectivity index (χ1v) is 6.96.